The van der Waals surface area contributed by atoms with E-state index in [0.29, 0.717) is 19.4 Å². The van der Waals surface area contributed by atoms with Gasteiger partial charge in [0.1, 0.15) is 6.61 Å². The van der Waals surface area contributed by atoms with E-state index in [2.05, 4.69) is 0 Å². The van der Waals surface area contributed by atoms with Gasteiger partial charge in [-0.3, -0.25) is 9.63 Å². The molecule has 0 radical (unpaired) electrons. The first kappa shape index (κ1) is 12.6. The summed E-state index contributed by atoms with van der Waals surface area (Å²) in [5.41, 5.74) is 0.938. The van der Waals surface area contributed by atoms with Crippen LogP contribution in [0.15, 0.2) is 30.3 Å². The number of carbonyl (C=O) groups excluding carboxylic acids is 2. The van der Waals surface area contributed by atoms with Gasteiger partial charge in [-0.15, -0.1) is 0 Å². The van der Waals surface area contributed by atoms with Crippen LogP contribution in [0.25, 0.3) is 0 Å². The van der Waals surface area contributed by atoms with Crippen molar-refractivity contribution in [2.75, 3.05) is 6.61 Å². The standard InChI is InChI=1S/C13H15NO4/c15-10-14(12-7-4-8-17-13(12)16)18-9-11-5-2-1-3-6-11/h1-3,5-6,10,12H,4,7-9H2/t12-/m0/s1. The SMILES string of the molecule is O=CN(OCc1ccccc1)[C@H]1CCCOC1=O. The van der Waals surface area contributed by atoms with Crippen LogP contribution >= 0.6 is 0 Å². The lowest BCUT2D eigenvalue weighted by atomic mass is 10.1. The number of cyclic esters (lactones) is 1. The van der Waals surface area contributed by atoms with Crippen molar-refractivity contribution < 1.29 is 19.2 Å². The maximum absolute atomic E-state index is 11.5. The molecule has 18 heavy (non-hydrogen) atoms. The van der Waals surface area contributed by atoms with Crippen molar-refractivity contribution in [2.24, 2.45) is 0 Å². The predicted molar refractivity (Wildman–Crippen MR) is 63.1 cm³/mol. The molecule has 1 fully saturated rings. The van der Waals surface area contributed by atoms with Crippen molar-refractivity contribution in [3.63, 3.8) is 0 Å². The maximum atomic E-state index is 11.5. The van der Waals surface area contributed by atoms with Gasteiger partial charge in [-0.25, -0.2) is 9.86 Å². The number of benzene rings is 1. The maximum Gasteiger partial charge on any atom is 0.331 e. The fraction of sp³-hybridized carbons (Fsp3) is 0.385. The third-order valence-electron chi connectivity index (χ3n) is 2.77. The minimum atomic E-state index is -0.625. The molecule has 1 aliphatic heterocycles. The molecule has 96 valence electrons. The van der Waals surface area contributed by atoms with Gasteiger partial charge in [0, 0.05) is 0 Å². The first-order valence-electron chi connectivity index (χ1n) is 5.88. The van der Waals surface area contributed by atoms with E-state index >= 15 is 0 Å². The number of hydrogen-bond acceptors (Lipinski definition) is 4. The Balaban J connectivity index is 1.93. The van der Waals surface area contributed by atoms with Gasteiger partial charge in [0.2, 0.25) is 6.41 Å². The summed E-state index contributed by atoms with van der Waals surface area (Å²) in [4.78, 5) is 27.8. The topological polar surface area (TPSA) is 55.8 Å². The van der Waals surface area contributed by atoms with Crippen LogP contribution in [0.3, 0.4) is 0 Å². The van der Waals surface area contributed by atoms with E-state index in [1.165, 1.54) is 0 Å². The Morgan fingerprint density at radius 3 is 2.83 bits per heavy atom. The van der Waals surface area contributed by atoms with Gasteiger partial charge in [-0.05, 0) is 18.4 Å². The van der Waals surface area contributed by atoms with Crippen LogP contribution in [0.4, 0.5) is 0 Å². The molecule has 0 aromatic heterocycles. The zero-order chi connectivity index (χ0) is 12.8. The van der Waals surface area contributed by atoms with E-state index in [-0.39, 0.29) is 6.61 Å². The van der Waals surface area contributed by atoms with E-state index in [1.54, 1.807) is 0 Å². The Hall–Kier alpha value is -1.88. The molecule has 1 aliphatic rings. The number of esters is 1. The molecule has 0 saturated carbocycles. The third kappa shape index (κ3) is 3.07. The number of nitrogens with zero attached hydrogens (tertiary/aromatic N) is 1. The van der Waals surface area contributed by atoms with Crippen molar-refractivity contribution in [2.45, 2.75) is 25.5 Å². The van der Waals surface area contributed by atoms with Crippen LogP contribution in [0, 0.1) is 0 Å². The largest absolute Gasteiger partial charge is 0.464 e. The summed E-state index contributed by atoms with van der Waals surface area (Å²) in [6, 6.07) is 8.83. The third-order valence-corrected chi connectivity index (χ3v) is 2.77. The van der Waals surface area contributed by atoms with E-state index < -0.39 is 12.0 Å². The smallest absolute Gasteiger partial charge is 0.331 e. The lowest BCUT2D eigenvalue weighted by molar-refractivity contribution is -0.208. The monoisotopic (exact) mass is 249 g/mol. The highest BCUT2D eigenvalue weighted by molar-refractivity contribution is 5.78. The highest BCUT2D eigenvalue weighted by Gasteiger charge is 2.30. The first-order valence-corrected chi connectivity index (χ1v) is 5.88. The Morgan fingerprint density at radius 1 is 1.39 bits per heavy atom. The molecule has 1 aromatic carbocycles. The van der Waals surface area contributed by atoms with Gasteiger partial charge in [0.15, 0.2) is 6.04 Å². The van der Waals surface area contributed by atoms with E-state index in [1.807, 2.05) is 30.3 Å². The lowest BCUT2D eigenvalue weighted by Gasteiger charge is -2.28. The molecule has 0 N–H and O–H groups in total. The average molecular weight is 249 g/mol. The minimum Gasteiger partial charge on any atom is -0.464 e. The Bertz CT molecular complexity index is 407. The zero-order valence-electron chi connectivity index (χ0n) is 9.95. The second kappa shape index (κ2) is 6.16. The van der Waals surface area contributed by atoms with Crippen LogP contribution in [0.5, 0.6) is 0 Å². The summed E-state index contributed by atoms with van der Waals surface area (Å²) < 4.78 is 4.91. The fourth-order valence-corrected chi connectivity index (χ4v) is 1.81. The first-order chi connectivity index (χ1) is 8.81. The quantitative estimate of drug-likeness (QED) is 0.448. The van der Waals surface area contributed by atoms with E-state index in [4.69, 9.17) is 9.57 Å². The number of hydroxylamine groups is 2. The van der Waals surface area contributed by atoms with Gasteiger partial charge in [-0.2, -0.15) is 0 Å². The molecule has 0 spiro atoms. The normalized spacial score (nSPS) is 19.1. The Morgan fingerprint density at radius 2 is 2.17 bits per heavy atom. The molecule has 1 heterocycles. The van der Waals surface area contributed by atoms with Gasteiger partial charge < -0.3 is 4.74 Å². The van der Waals surface area contributed by atoms with Gasteiger partial charge in [0.25, 0.3) is 0 Å². The number of hydrogen-bond donors (Lipinski definition) is 0. The Kier molecular flexibility index (Phi) is 4.30. The van der Waals surface area contributed by atoms with Gasteiger partial charge in [0.05, 0.1) is 6.61 Å². The van der Waals surface area contributed by atoms with Gasteiger partial charge in [-0.1, -0.05) is 30.3 Å². The number of carbonyl (C=O) groups is 2. The molecule has 1 amide bonds. The fourth-order valence-electron chi connectivity index (χ4n) is 1.81. The molecule has 1 aromatic rings. The molecular formula is C13H15NO4. The van der Waals surface area contributed by atoms with Crippen LogP contribution in [-0.2, 0) is 25.8 Å². The minimum absolute atomic E-state index is 0.253. The van der Waals surface area contributed by atoms with Crippen LogP contribution in [0.1, 0.15) is 18.4 Å². The highest BCUT2D eigenvalue weighted by Crippen LogP contribution is 2.15. The molecule has 0 aliphatic carbocycles. The summed E-state index contributed by atoms with van der Waals surface area (Å²) in [7, 11) is 0. The summed E-state index contributed by atoms with van der Waals surface area (Å²) in [5, 5.41) is 1.05. The molecule has 2 rings (SSSR count). The van der Waals surface area contributed by atoms with Crippen molar-refractivity contribution in [1.82, 2.24) is 5.06 Å². The Labute approximate surface area is 105 Å². The van der Waals surface area contributed by atoms with E-state index in [0.717, 1.165) is 17.0 Å². The number of ether oxygens (including phenoxy) is 1. The van der Waals surface area contributed by atoms with Crippen molar-refractivity contribution in [3.05, 3.63) is 35.9 Å². The van der Waals surface area contributed by atoms with Crippen molar-refractivity contribution in [1.29, 1.82) is 0 Å². The van der Waals surface area contributed by atoms with Crippen molar-refractivity contribution in [3.8, 4) is 0 Å². The summed E-state index contributed by atoms with van der Waals surface area (Å²) >= 11 is 0. The molecule has 5 heteroatoms. The molecule has 1 atom stereocenters. The summed E-state index contributed by atoms with van der Waals surface area (Å²) in [6.07, 6.45) is 1.85. The second-order valence-corrected chi connectivity index (χ2v) is 4.05. The summed E-state index contributed by atoms with van der Waals surface area (Å²) in [6.45, 7) is 0.671. The summed E-state index contributed by atoms with van der Waals surface area (Å²) in [5.74, 6) is -0.401. The molecular weight excluding hydrogens is 234 g/mol. The van der Waals surface area contributed by atoms with Crippen LogP contribution in [0.2, 0.25) is 0 Å². The van der Waals surface area contributed by atoms with Gasteiger partial charge >= 0.3 is 5.97 Å². The average Bonchev–Trinajstić information content (AvgIpc) is 2.42. The second-order valence-electron chi connectivity index (χ2n) is 4.05. The molecule has 5 nitrogen and oxygen atoms in total. The molecule has 0 bridgehead atoms. The predicted octanol–water partition coefficient (Wildman–Crippen LogP) is 1.28. The van der Waals surface area contributed by atoms with Crippen LogP contribution in [-0.4, -0.2) is 30.1 Å². The lowest BCUT2D eigenvalue weighted by Crippen LogP contribution is -2.43. The highest BCUT2D eigenvalue weighted by atomic mass is 16.7. The molecule has 0 unspecified atom stereocenters. The molecule has 1 saturated heterocycles. The number of amides is 1. The van der Waals surface area contributed by atoms with Crippen LogP contribution < -0.4 is 0 Å². The van der Waals surface area contributed by atoms with E-state index in [9.17, 15) is 9.59 Å². The van der Waals surface area contributed by atoms with Crippen molar-refractivity contribution >= 4 is 12.4 Å². The zero-order valence-corrected chi connectivity index (χ0v) is 9.95. The number of rotatable bonds is 5.